The molecule has 1 aromatic heterocycles. The molecule has 0 fully saturated rings. The summed E-state index contributed by atoms with van der Waals surface area (Å²) >= 11 is 3.32. The molecular formula is C13H12INO4S2. The van der Waals surface area contributed by atoms with Crippen LogP contribution in [0.25, 0.3) is 0 Å². The van der Waals surface area contributed by atoms with Gasteiger partial charge in [0.1, 0.15) is 0 Å². The molecule has 2 rings (SSSR count). The molecule has 2 N–H and O–H groups in total. The Morgan fingerprint density at radius 2 is 2.10 bits per heavy atom. The fraction of sp³-hybridized carbons (Fsp3) is 0.154. The first kappa shape index (κ1) is 16.4. The number of aromatic carboxylic acids is 1. The molecule has 21 heavy (non-hydrogen) atoms. The summed E-state index contributed by atoms with van der Waals surface area (Å²) in [5, 5.41) is 10.9. The van der Waals surface area contributed by atoms with Crippen LogP contribution in [0, 0.1) is 3.57 Å². The SMILES string of the molecule is C[C@@H](NS(=O)(=O)c1ccc(I)c(C(=O)O)c1)c1cccs1. The number of sulfonamides is 1. The first-order valence-electron chi connectivity index (χ1n) is 5.90. The lowest BCUT2D eigenvalue weighted by Crippen LogP contribution is -2.26. The van der Waals surface area contributed by atoms with Crippen molar-refractivity contribution in [1.29, 1.82) is 0 Å². The first-order valence-corrected chi connectivity index (χ1v) is 9.34. The third-order valence-electron chi connectivity index (χ3n) is 2.78. The van der Waals surface area contributed by atoms with E-state index >= 15 is 0 Å². The smallest absolute Gasteiger partial charge is 0.336 e. The summed E-state index contributed by atoms with van der Waals surface area (Å²) in [6, 6.07) is 7.37. The standard InChI is InChI=1S/C13H12INO4S2/c1-8(12-3-2-6-20-12)15-21(18,19)9-4-5-11(14)10(7-9)13(16)17/h2-8,15H,1H3,(H,16,17)/t8-/m1/s1. The molecule has 2 aromatic rings. The Hall–Kier alpha value is -0.970. The van der Waals surface area contributed by atoms with Crippen molar-refractivity contribution in [2.24, 2.45) is 0 Å². The third-order valence-corrected chi connectivity index (χ3v) is 6.31. The summed E-state index contributed by atoms with van der Waals surface area (Å²) in [6.07, 6.45) is 0. The molecule has 112 valence electrons. The Balaban J connectivity index is 2.32. The van der Waals surface area contributed by atoms with Crippen LogP contribution in [0.15, 0.2) is 40.6 Å². The van der Waals surface area contributed by atoms with Gasteiger partial charge in [-0.05, 0) is 59.2 Å². The van der Waals surface area contributed by atoms with Gasteiger partial charge in [-0.3, -0.25) is 0 Å². The second-order valence-corrected chi connectivity index (χ2v) is 8.16. The largest absolute Gasteiger partial charge is 0.478 e. The number of halogens is 1. The topological polar surface area (TPSA) is 83.5 Å². The highest BCUT2D eigenvalue weighted by Gasteiger charge is 2.21. The van der Waals surface area contributed by atoms with Crippen LogP contribution < -0.4 is 4.72 Å². The van der Waals surface area contributed by atoms with Gasteiger partial charge in [0.25, 0.3) is 0 Å². The van der Waals surface area contributed by atoms with E-state index < -0.39 is 16.0 Å². The van der Waals surface area contributed by atoms with Gasteiger partial charge in [0.05, 0.1) is 16.5 Å². The zero-order chi connectivity index (χ0) is 15.6. The van der Waals surface area contributed by atoms with Crippen LogP contribution >= 0.6 is 33.9 Å². The molecule has 1 aromatic carbocycles. The number of carboxylic acids is 1. The molecule has 5 nitrogen and oxygen atoms in total. The monoisotopic (exact) mass is 437 g/mol. The number of thiophene rings is 1. The Morgan fingerprint density at radius 1 is 1.38 bits per heavy atom. The van der Waals surface area contributed by atoms with Gasteiger partial charge in [0.15, 0.2) is 0 Å². The minimum absolute atomic E-state index is 0.0257. The van der Waals surface area contributed by atoms with Gasteiger partial charge in [-0.15, -0.1) is 11.3 Å². The van der Waals surface area contributed by atoms with Crippen molar-refractivity contribution < 1.29 is 18.3 Å². The number of rotatable bonds is 5. The van der Waals surface area contributed by atoms with E-state index in [1.54, 1.807) is 6.92 Å². The highest BCUT2D eigenvalue weighted by molar-refractivity contribution is 14.1. The average Bonchev–Trinajstić information content (AvgIpc) is 2.92. The van der Waals surface area contributed by atoms with Gasteiger partial charge in [0.2, 0.25) is 10.0 Å². The van der Waals surface area contributed by atoms with Crippen LogP contribution in [0.5, 0.6) is 0 Å². The van der Waals surface area contributed by atoms with Gasteiger partial charge in [-0.2, -0.15) is 0 Å². The number of carboxylic acid groups (broad SMARTS) is 1. The van der Waals surface area contributed by atoms with E-state index in [9.17, 15) is 13.2 Å². The fourth-order valence-electron chi connectivity index (χ4n) is 1.73. The predicted octanol–water partition coefficient (Wildman–Crippen LogP) is 3.09. The molecule has 0 saturated carbocycles. The van der Waals surface area contributed by atoms with Crippen LogP contribution in [0.4, 0.5) is 0 Å². The fourth-order valence-corrected chi connectivity index (χ4v) is 4.36. The van der Waals surface area contributed by atoms with E-state index in [0.29, 0.717) is 3.57 Å². The van der Waals surface area contributed by atoms with E-state index in [1.165, 1.54) is 29.5 Å². The zero-order valence-electron chi connectivity index (χ0n) is 10.9. The van der Waals surface area contributed by atoms with Crippen LogP contribution in [0.3, 0.4) is 0 Å². The number of benzene rings is 1. The van der Waals surface area contributed by atoms with Gasteiger partial charge in [0, 0.05) is 8.45 Å². The molecule has 0 radical (unpaired) electrons. The maximum Gasteiger partial charge on any atom is 0.336 e. The second kappa shape index (κ2) is 6.42. The molecule has 8 heteroatoms. The predicted molar refractivity (Wildman–Crippen MR) is 89.2 cm³/mol. The highest BCUT2D eigenvalue weighted by atomic mass is 127. The van der Waals surface area contributed by atoms with Crippen LogP contribution in [-0.4, -0.2) is 19.5 Å². The van der Waals surface area contributed by atoms with E-state index in [1.807, 2.05) is 40.1 Å². The maximum atomic E-state index is 12.3. The van der Waals surface area contributed by atoms with Crippen LogP contribution in [0.1, 0.15) is 28.2 Å². The summed E-state index contributed by atoms with van der Waals surface area (Å²) in [5.41, 5.74) is -0.0257. The molecule has 0 amide bonds. The zero-order valence-corrected chi connectivity index (χ0v) is 14.7. The summed E-state index contributed by atoms with van der Waals surface area (Å²) in [7, 11) is -3.77. The van der Waals surface area contributed by atoms with Crippen molar-refractivity contribution in [3.05, 3.63) is 49.7 Å². The molecule has 0 aliphatic carbocycles. The highest BCUT2D eigenvalue weighted by Crippen LogP contribution is 2.22. The summed E-state index contributed by atoms with van der Waals surface area (Å²) in [4.78, 5) is 11.9. The molecule has 0 aliphatic heterocycles. The van der Waals surface area contributed by atoms with Crippen molar-refractivity contribution in [2.75, 3.05) is 0 Å². The van der Waals surface area contributed by atoms with E-state index in [4.69, 9.17) is 5.11 Å². The first-order chi connectivity index (χ1) is 9.81. The molecular weight excluding hydrogens is 425 g/mol. The normalized spacial score (nSPS) is 13.0. The van der Waals surface area contributed by atoms with Gasteiger partial charge < -0.3 is 5.11 Å². The quantitative estimate of drug-likeness (QED) is 0.705. The van der Waals surface area contributed by atoms with Crippen molar-refractivity contribution in [3.63, 3.8) is 0 Å². The van der Waals surface area contributed by atoms with E-state index in [2.05, 4.69) is 4.72 Å². The van der Waals surface area contributed by atoms with Crippen LogP contribution in [-0.2, 0) is 10.0 Å². The number of hydrogen-bond donors (Lipinski definition) is 2. The Morgan fingerprint density at radius 3 is 2.67 bits per heavy atom. The van der Waals surface area contributed by atoms with Gasteiger partial charge >= 0.3 is 5.97 Å². The van der Waals surface area contributed by atoms with E-state index in [-0.39, 0.29) is 16.5 Å². The molecule has 1 atom stereocenters. The number of nitrogens with one attached hydrogen (secondary N) is 1. The number of hydrogen-bond acceptors (Lipinski definition) is 4. The molecule has 0 bridgehead atoms. The molecule has 0 saturated heterocycles. The van der Waals surface area contributed by atoms with Crippen molar-refractivity contribution in [2.45, 2.75) is 17.9 Å². The molecule has 0 aliphatic rings. The minimum atomic E-state index is -3.77. The second-order valence-electron chi connectivity index (χ2n) is 4.31. The summed E-state index contributed by atoms with van der Waals surface area (Å²) in [5.74, 6) is -1.15. The minimum Gasteiger partial charge on any atom is -0.478 e. The lowest BCUT2D eigenvalue weighted by Gasteiger charge is -2.13. The Kier molecular flexibility index (Phi) is 5.02. The Labute approximate surface area is 140 Å². The van der Waals surface area contributed by atoms with Gasteiger partial charge in [-0.1, -0.05) is 6.07 Å². The lowest BCUT2D eigenvalue weighted by molar-refractivity contribution is 0.0695. The average molecular weight is 437 g/mol. The third kappa shape index (κ3) is 3.82. The molecule has 0 spiro atoms. The molecule has 0 unspecified atom stereocenters. The van der Waals surface area contributed by atoms with Gasteiger partial charge in [-0.25, -0.2) is 17.9 Å². The molecule has 1 heterocycles. The Bertz CT molecular complexity index is 756. The van der Waals surface area contributed by atoms with E-state index in [0.717, 1.165) is 4.88 Å². The van der Waals surface area contributed by atoms with Crippen molar-refractivity contribution in [3.8, 4) is 0 Å². The van der Waals surface area contributed by atoms with Crippen LogP contribution in [0.2, 0.25) is 0 Å². The summed E-state index contributed by atoms with van der Waals surface area (Å²) in [6.45, 7) is 1.74. The number of carbonyl (C=O) groups is 1. The maximum absolute atomic E-state index is 12.3. The lowest BCUT2D eigenvalue weighted by atomic mass is 10.2. The summed E-state index contributed by atoms with van der Waals surface area (Å²) < 4.78 is 27.7. The van der Waals surface area contributed by atoms with Crippen molar-refractivity contribution in [1.82, 2.24) is 4.72 Å². The van der Waals surface area contributed by atoms with Crippen molar-refractivity contribution >= 4 is 49.9 Å².